The van der Waals surface area contributed by atoms with Gasteiger partial charge in [-0.15, -0.1) is 22.0 Å². The second-order valence-electron chi connectivity index (χ2n) is 7.07. The molecule has 0 spiro atoms. The van der Waals surface area contributed by atoms with E-state index < -0.39 is 0 Å². The average Bonchev–Trinajstić information content (AvgIpc) is 3.31. The number of aliphatic imine (C=N–C) groups is 1. The van der Waals surface area contributed by atoms with Crippen molar-refractivity contribution < 1.29 is 9.59 Å². The number of aromatic nitrogens is 4. The van der Waals surface area contributed by atoms with Crippen LogP contribution in [0.1, 0.15) is 40.3 Å². The molecule has 1 aliphatic carbocycles. The van der Waals surface area contributed by atoms with Crippen molar-refractivity contribution in [2.75, 3.05) is 18.0 Å². The first kappa shape index (κ1) is 21.6. The summed E-state index contributed by atoms with van der Waals surface area (Å²) in [6.45, 7) is 1.98. The van der Waals surface area contributed by atoms with E-state index >= 15 is 0 Å². The van der Waals surface area contributed by atoms with Crippen LogP contribution in [0.4, 0.5) is 5.69 Å². The van der Waals surface area contributed by atoms with Crippen molar-refractivity contribution in [3.05, 3.63) is 82.0 Å². The number of nitrogen functional groups attached to an aromatic ring is 1. The fourth-order valence-electron chi connectivity index (χ4n) is 3.39. The van der Waals surface area contributed by atoms with Crippen LogP contribution in [0.15, 0.2) is 64.5 Å². The van der Waals surface area contributed by atoms with Crippen LogP contribution in [0.2, 0.25) is 0 Å². The first-order valence-electron chi connectivity index (χ1n) is 9.93. The number of amides is 1. The number of nitrogens with two attached hydrogens (primary N) is 1. The van der Waals surface area contributed by atoms with E-state index in [-0.39, 0.29) is 17.7 Å². The highest BCUT2D eigenvalue weighted by Gasteiger charge is 2.24. The van der Waals surface area contributed by atoms with Crippen molar-refractivity contribution in [2.24, 2.45) is 4.99 Å². The van der Waals surface area contributed by atoms with Crippen LogP contribution >= 0.6 is 11.8 Å². The lowest BCUT2D eigenvalue weighted by Gasteiger charge is -2.19. The molecule has 1 aliphatic rings. The van der Waals surface area contributed by atoms with Gasteiger partial charge in [0, 0.05) is 47.0 Å². The molecular formula is C22H21N7O2S. The highest BCUT2D eigenvalue weighted by molar-refractivity contribution is 8.04. The quantitative estimate of drug-likeness (QED) is 0.370. The molecule has 4 N–H and O–H groups in total. The average molecular weight is 448 g/mol. The van der Waals surface area contributed by atoms with E-state index in [1.54, 1.807) is 18.2 Å². The molecule has 162 valence electrons. The number of anilines is 1. The molecule has 2 aromatic carbocycles. The monoisotopic (exact) mass is 447 g/mol. The van der Waals surface area contributed by atoms with Crippen LogP contribution in [0.5, 0.6) is 0 Å². The largest absolute Gasteiger partial charge is 0.399 e. The minimum atomic E-state index is -0.311. The Morgan fingerprint density at radius 1 is 1.19 bits per heavy atom. The minimum absolute atomic E-state index is 0.0925. The molecular weight excluding hydrogens is 426 g/mol. The number of hydrogen-bond acceptors (Lipinski definition) is 8. The molecule has 1 atom stereocenters. The lowest BCUT2D eigenvalue weighted by molar-refractivity contribution is -0.115. The van der Waals surface area contributed by atoms with E-state index in [0.717, 1.165) is 5.56 Å². The Morgan fingerprint density at radius 3 is 2.62 bits per heavy atom. The molecule has 0 fully saturated rings. The number of H-pyrrole nitrogens is 1. The number of nitrogens with zero attached hydrogens (tertiary/aromatic N) is 4. The molecule has 10 heteroatoms. The highest BCUT2D eigenvalue weighted by Crippen LogP contribution is 2.29. The smallest absolute Gasteiger partial charge is 0.243 e. The number of tetrazole rings is 1. The van der Waals surface area contributed by atoms with E-state index in [1.165, 1.54) is 18.7 Å². The van der Waals surface area contributed by atoms with E-state index in [0.29, 0.717) is 45.6 Å². The van der Waals surface area contributed by atoms with Gasteiger partial charge >= 0.3 is 0 Å². The van der Waals surface area contributed by atoms with Crippen molar-refractivity contribution in [3.63, 3.8) is 0 Å². The van der Waals surface area contributed by atoms with Crippen LogP contribution < -0.4 is 11.1 Å². The van der Waals surface area contributed by atoms with Crippen molar-refractivity contribution >= 4 is 34.9 Å². The zero-order valence-electron chi connectivity index (χ0n) is 17.3. The van der Waals surface area contributed by atoms with Crippen molar-refractivity contribution in [2.45, 2.75) is 13.0 Å². The zero-order valence-corrected chi connectivity index (χ0v) is 18.1. The number of nitrogens with one attached hydrogen (secondary N) is 2. The summed E-state index contributed by atoms with van der Waals surface area (Å²) >= 11 is 1.46. The summed E-state index contributed by atoms with van der Waals surface area (Å²) in [6, 6.07) is 14.4. The predicted molar refractivity (Wildman–Crippen MR) is 123 cm³/mol. The topological polar surface area (TPSA) is 139 Å². The molecule has 0 saturated carbocycles. The Bertz CT molecular complexity index is 1190. The Morgan fingerprint density at radius 2 is 1.94 bits per heavy atom. The van der Waals surface area contributed by atoms with E-state index in [9.17, 15) is 9.59 Å². The summed E-state index contributed by atoms with van der Waals surface area (Å²) in [5.41, 5.74) is 9.18. The number of benzene rings is 2. The Kier molecular flexibility index (Phi) is 6.52. The summed E-state index contributed by atoms with van der Waals surface area (Å²) < 4.78 is 0. The van der Waals surface area contributed by atoms with Gasteiger partial charge in [0.15, 0.2) is 11.6 Å². The predicted octanol–water partition coefficient (Wildman–Crippen LogP) is 2.31. The summed E-state index contributed by atoms with van der Waals surface area (Å²) in [7, 11) is 0. The summed E-state index contributed by atoms with van der Waals surface area (Å²) in [4.78, 5) is 29.1. The molecule has 0 radical (unpaired) electrons. The van der Waals surface area contributed by atoms with Crippen LogP contribution in [0.25, 0.3) is 0 Å². The normalized spacial score (nSPS) is 15.3. The summed E-state index contributed by atoms with van der Waals surface area (Å²) in [5, 5.41) is 17.8. The molecule has 0 saturated heterocycles. The van der Waals surface area contributed by atoms with Crippen LogP contribution in [-0.4, -0.2) is 50.3 Å². The van der Waals surface area contributed by atoms with Crippen LogP contribution in [0.3, 0.4) is 0 Å². The number of carbonyl (C=O) groups is 2. The number of carbonyl (C=O) groups excluding carboxylic acids is 2. The summed E-state index contributed by atoms with van der Waals surface area (Å²) in [6.07, 6.45) is 1.55. The minimum Gasteiger partial charge on any atom is -0.399 e. The summed E-state index contributed by atoms with van der Waals surface area (Å²) in [5.74, 6) is 0.737. The standard InChI is InChI=1S/C22H21N7O2S/c1-13(30)25-21-17-5-3-2-4-16(17)18(31)12-19(21)32-11-10-24-20(22-26-28-29-27-22)14-6-8-15(23)9-7-14/h2-9,12,20,24H,10-11,23H2,1H3,(H,26,27,28,29). The number of thioether (sulfide) groups is 1. The maximum Gasteiger partial charge on any atom is 0.243 e. The first-order valence-corrected chi connectivity index (χ1v) is 10.9. The molecule has 4 rings (SSSR count). The number of allylic oxidation sites excluding steroid dienone is 2. The Labute approximate surface area is 188 Å². The van der Waals surface area contributed by atoms with E-state index in [1.807, 2.05) is 36.4 Å². The van der Waals surface area contributed by atoms with Crippen molar-refractivity contribution in [1.82, 2.24) is 25.9 Å². The lowest BCUT2D eigenvalue weighted by Crippen LogP contribution is -2.26. The zero-order chi connectivity index (χ0) is 22.5. The third-order valence-electron chi connectivity index (χ3n) is 4.81. The maximum atomic E-state index is 12.6. The Hall–Kier alpha value is -3.63. The number of aromatic amines is 1. The Balaban J connectivity index is 1.47. The fraction of sp³-hybridized carbons (Fsp3) is 0.182. The van der Waals surface area contributed by atoms with Gasteiger partial charge in [0.25, 0.3) is 0 Å². The molecule has 3 aromatic rings. The van der Waals surface area contributed by atoms with Gasteiger partial charge < -0.3 is 11.1 Å². The van der Waals surface area contributed by atoms with Crippen molar-refractivity contribution in [1.29, 1.82) is 0 Å². The molecule has 0 bridgehead atoms. The number of rotatable bonds is 7. The SMILES string of the molecule is CC(=O)N=C1C(SCCNC(c2ccc(N)cc2)c2nn[nH]n2)=CC(=O)c2ccccc21. The molecule has 0 aliphatic heterocycles. The first-order chi connectivity index (χ1) is 15.5. The number of ketones is 1. The van der Waals surface area contributed by atoms with Gasteiger partial charge in [0.2, 0.25) is 5.91 Å². The maximum absolute atomic E-state index is 12.6. The second kappa shape index (κ2) is 9.67. The van der Waals surface area contributed by atoms with Gasteiger partial charge in [-0.1, -0.05) is 41.6 Å². The third-order valence-corrected chi connectivity index (χ3v) is 5.84. The highest BCUT2D eigenvalue weighted by atomic mass is 32.2. The molecule has 9 nitrogen and oxygen atoms in total. The lowest BCUT2D eigenvalue weighted by atomic mass is 9.94. The van der Waals surface area contributed by atoms with Crippen LogP contribution in [0, 0.1) is 0 Å². The van der Waals surface area contributed by atoms with E-state index in [4.69, 9.17) is 5.73 Å². The van der Waals surface area contributed by atoms with Gasteiger partial charge in [-0.3, -0.25) is 9.59 Å². The van der Waals surface area contributed by atoms with Gasteiger partial charge in [-0.05, 0) is 17.7 Å². The van der Waals surface area contributed by atoms with Crippen molar-refractivity contribution in [3.8, 4) is 0 Å². The second-order valence-corrected chi connectivity index (χ2v) is 8.21. The van der Waals surface area contributed by atoms with E-state index in [2.05, 4.69) is 30.9 Å². The van der Waals surface area contributed by atoms with Gasteiger partial charge in [-0.25, -0.2) is 4.99 Å². The number of fused-ring (bicyclic) bond motifs is 1. The molecule has 1 heterocycles. The number of hydrogen-bond donors (Lipinski definition) is 3. The fourth-order valence-corrected chi connectivity index (χ4v) is 4.31. The molecule has 1 amide bonds. The molecule has 1 aromatic heterocycles. The molecule has 32 heavy (non-hydrogen) atoms. The van der Waals surface area contributed by atoms with Crippen LogP contribution in [-0.2, 0) is 4.79 Å². The van der Waals surface area contributed by atoms with Gasteiger partial charge in [0.1, 0.15) is 0 Å². The van der Waals surface area contributed by atoms with Gasteiger partial charge in [-0.2, -0.15) is 5.21 Å². The van der Waals surface area contributed by atoms with Gasteiger partial charge in [0.05, 0.1) is 11.8 Å². The molecule has 1 unspecified atom stereocenters. The third kappa shape index (κ3) is 4.82.